The molecule has 2 aromatic rings. The van der Waals surface area contributed by atoms with Crippen LogP contribution in [0.2, 0.25) is 0 Å². The average molecular weight is 313 g/mol. The molecule has 0 aliphatic heterocycles. The van der Waals surface area contributed by atoms with Crippen LogP contribution in [0.4, 0.5) is 5.69 Å². The fourth-order valence-corrected chi connectivity index (χ4v) is 2.15. The van der Waals surface area contributed by atoms with E-state index >= 15 is 0 Å². The molecule has 0 unspecified atom stereocenters. The van der Waals surface area contributed by atoms with Crippen LogP contribution in [0.3, 0.4) is 0 Å². The fourth-order valence-electron chi connectivity index (χ4n) is 2.15. The number of rotatable bonds is 5. The molecule has 0 heterocycles. The first-order valence-corrected chi connectivity index (χ1v) is 7.18. The Labute approximate surface area is 135 Å². The maximum absolute atomic E-state index is 12.0. The van der Waals surface area contributed by atoms with E-state index in [4.69, 9.17) is 9.47 Å². The van der Waals surface area contributed by atoms with Gasteiger partial charge in [-0.05, 0) is 37.6 Å². The summed E-state index contributed by atoms with van der Waals surface area (Å²) in [6, 6.07) is 12.4. The number of hydrogen-bond donors (Lipinski definition) is 1. The van der Waals surface area contributed by atoms with Crippen molar-refractivity contribution in [1.29, 1.82) is 0 Å². The Morgan fingerprint density at radius 1 is 1.09 bits per heavy atom. The minimum absolute atomic E-state index is 0.344. The third kappa shape index (κ3) is 4.57. The van der Waals surface area contributed by atoms with Gasteiger partial charge in [0.1, 0.15) is 5.75 Å². The summed E-state index contributed by atoms with van der Waals surface area (Å²) < 4.78 is 10.1. The van der Waals surface area contributed by atoms with Gasteiger partial charge in [0.05, 0.1) is 12.7 Å². The molecule has 120 valence electrons. The van der Waals surface area contributed by atoms with E-state index in [1.165, 1.54) is 0 Å². The Morgan fingerprint density at radius 3 is 2.57 bits per heavy atom. The van der Waals surface area contributed by atoms with Crippen molar-refractivity contribution in [2.45, 2.75) is 13.8 Å². The number of esters is 1. The number of hydrogen-bond acceptors (Lipinski definition) is 4. The average Bonchev–Trinajstić information content (AvgIpc) is 2.53. The molecule has 2 rings (SSSR count). The Morgan fingerprint density at radius 2 is 1.87 bits per heavy atom. The summed E-state index contributed by atoms with van der Waals surface area (Å²) in [6.07, 6.45) is 0. The van der Waals surface area contributed by atoms with Gasteiger partial charge in [-0.3, -0.25) is 4.79 Å². The predicted molar refractivity (Wildman–Crippen MR) is 87.8 cm³/mol. The number of aryl methyl sites for hydroxylation is 2. The molecule has 0 saturated carbocycles. The summed E-state index contributed by atoms with van der Waals surface area (Å²) in [6.45, 7) is 3.44. The molecular weight excluding hydrogens is 294 g/mol. The van der Waals surface area contributed by atoms with Crippen LogP contribution in [-0.4, -0.2) is 25.6 Å². The van der Waals surface area contributed by atoms with Crippen LogP contribution in [0.5, 0.6) is 5.75 Å². The standard InChI is InChI=1S/C18H19NO4/c1-12-7-8-16(13(2)9-12)18(21)23-11-17(20)19-14-5-4-6-15(10-14)22-3/h4-10H,11H2,1-3H3,(H,19,20). The van der Waals surface area contributed by atoms with Crippen molar-refractivity contribution in [3.63, 3.8) is 0 Å². The van der Waals surface area contributed by atoms with E-state index in [0.717, 1.165) is 11.1 Å². The second kappa shape index (κ2) is 7.45. The summed E-state index contributed by atoms with van der Waals surface area (Å²) in [5.41, 5.74) is 2.93. The lowest BCUT2D eigenvalue weighted by atomic mass is 10.1. The Bertz CT molecular complexity index is 725. The molecule has 5 heteroatoms. The zero-order valence-corrected chi connectivity index (χ0v) is 13.4. The van der Waals surface area contributed by atoms with Crippen LogP contribution in [0.25, 0.3) is 0 Å². The van der Waals surface area contributed by atoms with E-state index in [2.05, 4.69) is 5.32 Å². The zero-order chi connectivity index (χ0) is 16.8. The van der Waals surface area contributed by atoms with E-state index in [0.29, 0.717) is 17.0 Å². The third-order valence-corrected chi connectivity index (χ3v) is 3.29. The lowest BCUT2D eigenvalue weighted by Gasteiger charge is -2.09. The lowest BCUT2D eigenvalue weighted by Crippen LogP contribution is -2.21. The summed E-state index contributed by atoms with van der Waals surface area (Å²) in [5.74, 6) is -0.283. The van der Waals surface area contributed by atoms with Gasteiger partial charge in [0.25, 0.3) is 5.91 Å². The molecule has 1 N–H and O–H groups in total. The van der Waals surface area contributed by atoms with Gasteiger partial charge in [0, 0.05) is 11.8 Å². The molecule has 0 saturated heterocycles. The fraction of sp³-hybridized carbons (Fsp3) is 0.222. The third-order valence-electron chi connectivity index (χ3n) is 3.29. The molecular formula is C18H19NO4. The van der Waals surface area contributed by atoms with Crippen molar-refractivity contribution >= 4 is 17.6 Å². The SMILES string of the molecule is COc1cccc(NC(=O)COC(=O)c2ccc(C)cc2C)c1. The minimum Gasteiger partial charge on any atom is -0.497 e. The van der Waals surface area contributed by atoms with Crippen molar-refractivity contribution in [2.75, 3.05) is 19.0 Å². The van der Waals surface area contributed by atoms with Gasteiger partial charge < -0.3 is 14.8 Å². The maximum Gasteiger partial charge on any atom is 0.338 e. The second-order valence-corrected chi connectivity index (χ2v) is 5.17. The van der Waals surface area contributed by atoms with Crippen molar-refractivity contribution in [2.24, 2.45) is 0 Å². The first-order chi connectivity index (χ1) is 11.0. The van der Waals surface area contributed by atoms with E-state index in [1.807, 2.05) is 26.0 Å². The quantitative estimate of drug-likeness (QED) is 0.861. The summed E-state index contributed by atoms with van der Waals surface area (Å²) in [7, 11) is 1.55. The Balaban J connectivity index is 1.92. The van der Waals surface area contributed by atoms with Crippen molar-refractivity contribution in [3.8, 4) is 5.75 Å². The number of methoxy groups -OCH3 is 1. The van der Waals surface area contributed by atoms with E-state index < -0.39 is 11.9 Å². The Hall–Kier alpha value is -2.82. The number of carbonyl (C=O) groups excluding carboxylic acids is 2. The molecule has 23 heavy (non-hydrogen) atoms. The highest BCUT2D eigenvalue weighted by Gasteiger charge is 2.13. The van der Waals surface area contributed by atoms with Gasteiger partial charge in [-0.15, -0.1) is 0 Å². The lowest BCUT2D eigenvalue weighted by molar-refractivity contribution is -0.119. The van der Waals surface area contributed by atoms with Crippen LogP contribution in [-0.2, 0) is 9.53 Å². The molecule has 0 radical (unpaired) electrons. The summed E-state index contributed by atoms with van der Waals surface area (Å²) >= 11 is 0. The molecule has 0 aliphatic carbocycles. The Kier molecular flexibility index (Phi) is 5.36. The normalized spacial score (nSPS) is 10.0. The van der Waals surface area contributed by atoms with Gasteiger partial charge in [-0.1, -0.05) is 23.8 Å². The van der Waals surface area contributed by atoms with E-state index in [9.17, 15) is 9.59 Å². The topological polar surface area (TPSA) is 64.6 Å². The second-order valence-electron chi connectivity index (χ2n) is 5.17. The highest BCUT2D eigenvalue weighted by molar-refractivity contribution is 5.96. The zero-order valence-electron chi connectivity index (χ0n) is 13.4. The van der Waals surface area contributed by atoms with Gasteiger partial charge >= 0.3 is 5.97 Å². The molecule has 0 atom stereocenters. The number of ether oxygens (including phenoxy) is 2. The van der Waals surface area contributed by atoms with Gasteiger partial charge in [-0.2, -0.15) is 0 Å². The van der Waals surface area contributed by atoms with Gasteiger partial charge in [0.2, 0.25) is 0 Å². The van der Waals surface area contributed by atoms with Crippen molar-refractivity contribution in [3.05, 3.63) is 59.2 Å². The number of amides is 1. The molecule has 0 spiro atoms. The predicted octanol–water partition coefficient (Wildman–Crippen LogP) is 3.11. The minimum atomic E-state index is -0.511. The van der Waals surface area contributed by atoms with Crippen molar-refractivity contribution in [1.82, 2.24) is 0 Å². The first kappa shape index (κ1) is 16.5. The smallest absolute Gasteiger partial charge is 0.338 e. The van der Waals surface area contributed by atoms with Crippen LogP contribution < -0.4 is 10.1 Å². The molecule has 0 fully saturated rings. The number of carbonyl (C=O) groups is 2. The highest BCUT2D eigenvalue weighted by Crippen LogP contribution is 2.16. The van der Waals surface area contributed by atoms with Crippen LogP contribution in [0.15, 0.2) is 42.5 Å². The van der Waals surface area contributed by atoms with Gasteiger partial charge in [0.15, 0.2) is 6.61 Å². The molecule has 5 nitrogen and oxygen atoms in total. The van der Waals surface area contributed by atoms with Crippen LogP contribution >= 0.6 is 0 Å². The van der Waals surface area contributed by atoms with Crippen LogP contribution in [0.1, 0.15) is 21.5 Å². The maximum atomic E-state index is 12.0. The molecule has 2 aromatic carbocycles. The molecule has 0 aromatic heterocycles. The van der Waals surface area contributed by atoms with Crippen molar-refractivity contribution < 1.29 is 19.1 Å². The number of benzene rings is 2. The number of nitrogens with one attached hydrogen (secondary N) is 1. The molecule has 0 aliphatic rings. The number of anilines is 1. The molecule has 0 bridgehead atoms. The van der Waals surface area contributed by atoms with Gasteiger partial charge in [-0.25, -0.2) is 4.79 Å². The molecule has 1 amide bonds. The monoisotopic (exact) mass is 313 g/mol. The summed E-state index contributed by atoms with van der Waals surface area (Å²) in [4.78, 5) is 23.9. The van der Waals surface area contributed by atoms with E-state index in [1.54, 1.807) is 37.4 Å². The van der Waals surface area contributed by atoms with E-state index in [-0.39, 0.29) is 6.61 Å². The summed E-state index contributed by atoms with van der Waals surface area (Å²) in [5, 5.41) is 2.65. The first-order valence-electron chi connectivity index (χ1n) is 7.18. The van der Waals surface area contributed by atoms with Crippen LogP contribution in [0, 0.1) is 13.8 Å². The highest BCUT2D eigenvalue weighted by atomic mass is 16.5. The largest absolute Gasteiger partial charge is 0.497 e.